The smallest absolute Gasteiger partial charge is 0.237 e. The summed E-state index contributed by atoms with van der Waals surface area (Å²) in [5.41, 5.74) is 0. The van der Waals surface area contributed by atoms with Crippen molar-refractivity contribution in [3.8, 4) is 0 Å². The van der Waals surface area contributed by atoms with Crippen LogP contribution in [-0.4, -0.2) is 49.6 Å². The van der Waals surface area contributed by atoms with Gasteiger partial charge < -0.3 is 15.5 Å². The average Bonchev–Trinajstić information content (AvgIpc) is 2.87. The maximum atomic E-state index is 11.9. The van der Waals surface area contributed by atoms with Crippen LogP contribution in [0.4, 0.5) is 0 Å². The fourth-order valence-corrected chi connectivity index (χ4v) is 2.77. The monoisotopic (exact) mass is 225 g/mol. The lowest BCUT2D eigenvalue weighted by atomic mass is 10.2. The zero-order valence-corrected chi connectivity index (χ0v) is 10.3. The second kappa shape index (κ2) is 5.15. The minimum absolute atomic E-state index is 0.0680. The molecule has 1 heterocycles. The lowest BCUT2D eigenvalue weighted by Gasteiger charge is -2.20. The van der Waals surface area contributed by atoms with Crippen molar-refractivity contribution >= 4 is 5.91 Å². The van der Waals surface area contributed by atoms with E-state index in [-0.39, 0.29) is 11.9 Å². The minimum Gasteiger partial charge on any atom is -0.352 e. The van der Waals surface area contributed by atoms with Crippen LogP contribution in [0.1, 0.15) is 32.1 Å². The maximum absolute atomic E-state index is 11.9. The molecule has 3 atom stereocenters. The van der Waals surface area contributed by atoms with Crippen molar-refractivity contribution in [3.63, 3.8) is 0 Å². The zero-order valence-electron chi connectivity index (χ0n) is 10.3. The van der Waals surface area contributed by atoms with E-state index in [1.807, 2.05) is 0 Å². The first-order chi connectivity index (χ1) is 7.66. The lowest BCUT2D eigenvalue weighted by molar-refractivity contribution is -0.123. The summed E-state index contributed by atoms with van der Waals surface area (Å²) < 4.78 is 0. The molecule has 4 nitrogen and oxygen atoms in total. The number of nitrogens with zero attached hydrogens (tertiary/aromatic N) is 1. The molecule has 1 saturated heterocycles. The van der Waals surface area contributed by atoms with E-state index in [1.54, 1.807) is 0 Å². The normalized spacial score (nSPS) is 34.6. The van der Waals surface area contributed by atoms with E-state index in [4.69, 9.17) is 0 Å². The van der Waals surface area contributed by atoms with Crippen molar-refractivity contribution in [2.75, 3.05) is 20.6 Å². The van der Waals surface area contributed by atoms with Gasteiger partial charge in [0.05, 0.1) is 6.04 Å². The number of hydrogen-bond acceptors (Lipinski definition) is 3. The van der Waals surface area contributed by atoms with Gasteiger partial charge in [0, 0.05) is 12.1 Å². The fourth-order valence-electron chi connectivity index (χ4n) is 2.77. The van der Waals surface area contributed by atoms with Crippen molar-refractivity contribution in [1.29, 1.82) is 0 Å². The Morgan fingerprint density at radius 1 is 1.31 bits per heavy atom. The lowest BCUT2D eigenvalue weighted by Crippen LogP contribution is -2.44. The van der Waals surface area contributed by atoms with Gasteiger partial charge in [-0.25, -0.2) is 0 Å². The van der Waals surface area contributed by atoms with Gasteiger partial charge in [-0.3, -0.25) is 4.79 Å². The molecule has 1 aliphatic carbocycles. The Hall–Kier alpha value is -0.610. The number of rotatable bonds is 3. The summed E-state index contributed by atoms with van der Waals surface area (Å²) in [6.45, 7) is 0.989. The summed E-state index contributed by atoms with van der Waals surface area (Å²) in [5, 5.41) is 6.42. The van der Waals surface area contributed by atoms with Gasteiger partial charge in [0.2, 0.25) is 5.91 Å². The van der Waals surface area contributed by atoms with Crippen molar-refractivity contribution in [1.82, 2.24) is 15.5 Å². The molecule has 2 fully saturated rings. The second-order valence-electron chi connectivity index (χ2n) is 5.28. The standard InChI is InChI=1S/C12H23N3O/c1-15(2)10-6-5-9(8-10)14-12(16)11-4-3-7-13-11/h9-11,13H,3-8H2,1-2H3,(H,14,16)/t9-,10-,11+/m1/s1. The summed E-state index contributed by atoms with van der Waals surface area (Å²) >= 11 is 0. The Kier molecular flexibility index (Phi) is 3.82. The number of amides is 1. The van der Waals surface area contributed by atoms with E-state index in [0.29, 0.717) is 12.1 Å². The minimum atomic E-state index is 0.0680. The van der Waals surface area contributed by atoms with Crippen LogP contribution in [0.2, 0.25) is 0 Å². The number of hydrogen-bond donors (Lipinski definition) is 2. The molecule has 0 unspecified atom stereocenters. The Labute approximate surface area is 97.8 Å². The van der Waals surface area contributed by atoms with Crippen LogP contribution in [0.5, 0.6) is 0 Å². The molecule has 0 aromatic rings. The average molecular weight is 225 g/mol. The summed E-state index contributed by atoms with van der Waals surface area (Å²) in [4.78, 5) is 14.2. The summed E-state index contributed by atoms with van der Waals surface area (Å²) in [5.74, 6) is 0.210. The third-order valence-electron chi connectivity index (χ3n) is 3.86. The van der Waals surface area contributed by atoms with Gasteiger partial charge in [-0.1, -0.05) is 0 Å². The predicted molar refractivity (Wildman–Crippen MR) is 64.3 cm³/mol. The second-order valence-corrected chi connectivity index (χ2v) is 5.28. The van der Waals surface area contributed by atoms with Gasteiger partial charge >= 0.3 is 0 Å². The fraction of sp³-hybridized carbons (Fsp3) is 0.917. The summed E-state index contributed by atoms with van der Waals surface area (Å²) in [7, 11) is 4.24. The Morgan fingerprint density at radius 2 is 2.12 bits per heavy atom. The highest BCUT2D eigenvalue weighted by atomic mass is 16.2. The highest BCUT2D eigenvalue weighted by Crippen LogP contribution is 2.22. The van der Waals surface area contributed by atoms with Gasteiger partial charge in [-0.2, -0.15) is 0 Å². The summed E-state index contributed by atoms with van der Waals surface area (Å²) in [6, 6.07) is 1.10. The van der Waals surface area contributed by atoms with Gasteiger partial charge in [0.15, 0.2) is 0 Å². The first-order valence-electron chi connectivity index (χ1n) is 6.37. The first kappa shape index (κ1) is 11.9. The highest BCUT2D eigenvalue weighted by molar-refractivity contribution is 5.82. The molecule has 1 aliphatic heterocycles. The molecular weight excluding hydrogens is 202 g/mol. The van der Waals surface area contributed by atoms with E-state index in [1.165, 1.54) is 6.42 Å². The zero-order chi connectivity index (χ0) is 11.5. The molecule has 0 aromatic carbocycles. The van der Waals surface area contributed by atoms with E-state index >= 15 is 0 Å². The maximum Gasteiger partial charge on any atom is 0.237 e. The molecule has 0 spiro atoms. The quantitative estimate of drug-likeness (QED) is 0.728. The Morgan fingerprint density at radius 3 is 2.69 bits per heavy atom. The molecular formula is C12H23N3O. The van der Waals surface area contributed by atoms with Gasteiger partial charge in [0.25, 0.3) is 0 Å². The highest BCUT2D eigenvalue weighted by Gasteiger charge is 2.29. The van der Waals surface area contributed by atoms with Crippen molar-refractivity contribution in [3.05, 3.63) is 0 Å². The van der Waals surface area contributed by atoms with Crippen LogP contribution in [0.15, 0.2) is 0 Å². The van der Waals surface area contributed by atoms with Crippen LogP contribution in [0, 0.1) is 0 Å². The number of carbonyl (C=O) groups excluding carboxylic acids is 1. The third kappa shape index (κ3) is 2.74. The van der Waals surface area contributed by atoms with Gasteiger partial charge in [-0.05, 0) is 52.7 Å². The first-order valence-corrected chi connectivity index (χ1v) is 6.37. The van der Waals surface area contributed by atoms with Gasteiger partial charge in [-0.15, -0.1) is 0 Å². The molecule has 0 radical (unpaired) electrons. The van der Waals surface area contributed by atoms with Crippen LogP contribution in [0.25, 0.3) is 0 Å². The van der Waals surface area contributed by atoms with Crippen molar-refractivity contribution < 1.29 is 4.79 Å². The SMILES string of the molecule is CN(C)[C@@H]1CC[C@@H](NC(=O)[C@@H]2CCCN2)C1. The largest absolute Gasteiger partial charge is 0.352 e. The van der Waals surface area contributed by atoms with E-state index in [0.717, 1.165) is 32.2 Å². The van der Waals surface area contributed by atoms with Crippen LogP contribution in [-0.2, 0) is 4.79 Å². The molecule has 2 N–H and O–H groups in total. The Bertz CT molecular complexity index is 249. The molecule has 2 rings (SSSR count). The number of nitrogens with one attached hydrogen (secondary N) is 2. The van der Waals surface area contributed by atoms with E-state index < -0.39 is 0 Å². The molecule has 16 heavy (non-hydrogen) atoms. The van der Waals surface area contributed by atoms with Crippen LogP contribution < -0.4 is 10.6 Å². The third-order valence-corrected chi connectivity index (χ3v) is 3.86. The molecule has 0 aromatic heterocycles. The molecule has 1 saturated carbocycles. The van der Waals surface area contributed by atoms with E-state index in [9.17, 15) is 4.79 Å². The van der Waals surface area contributed by atoms with Gasteiger partial charge in [0.1, 0.15) is 0 Å². The van der Waals surface area contributed by atoms with Crippen molar-refractivity contribution in [2.45, 2.75) is 50.2 Å². The molecule has 0 bridgehead atoms. The molecule has 4 heteroatoms. The summed E-state index contributed by atoms with van der Waals surface area (Å²) in [6.07, 6.45) is 5.56. The van der Waals surface area contributed by atoms with Crippen LogP contribution >= 0.6 is 0 Å². The predicted octanol–water partition coefficient (Wildman–Crippen LogP) is 0.337. The number of carbonyl (C=O) groups is 1. The van der Waals surface area contributed by atoms with Crippen LogP contribution in [0.3, 0.4) is 0 Å². The Balaban J connectivity index is 1.76. The van der Waals surface area contributed by atoms with Crippen molar-refractivity contribution in [2.24, 2.45) is 0 Å². The van der Waals surface area contributed by atoms with E-state index in [2.05, 4.69) is 29.6 Å². The molecule has 2 aliphatic rings. The molecule has 1 amide bonds. The topological polar surface area (TPSA) is 44.4 Å². The molecule has 92 valence electrons.